The van der Waals surface area contributed by atoms with Crippen molar-refractivity contribution in [2.24, 2.45) is 5.10 Å². The minimum Gasteiger partial charge on any atom is -0.454 e. The molecule has 0 aliphatic carbocycles. The van der Waals surface area contributed by atoms with Crippen molar-refractivity contribution in [1.82, 2.24) is 5.43 Å². The monoisotopic (exact) mass is 365 g/mol. The number of rotatable bonds is 4. The summed E-state index contributed by atoms with van der Waals surface area (Å²) in [4.78, 5) is 25.9. The summed E-state index contributed by atoms with van der Waals surface area (Å²) in [5.41, 5.74) is 5.43. The summed E-state index contributed by atoms with van der Waals surface area (Å²) in [5.74, 6) is 1.01. The molecule has 2 aliphatic heterocycles. The van der Waals surface area contributed by atoms with E-state index in [1.807, 2.05) is 31.2 Å². The lowest BCUT2D eigenvalue weighted by Gasteiger charge is -2.15. The van der Waals surface area contributed by atoms with Crippen molar-refractivity contribution in [1.29, 1.82) is 0 Å². The van der Waals surface area contributed by atoms with Gasteiger partial charge in [-0.2, -0.15) is 5.10 Å². The van der Waals surface area contributed by atoms with E-state index < -0.39 is 0 Å². The number of benzene rings is 2. The largest absolute Gasteiger partial charge is 0.454 e. The van der Waals surface area contributed by atoms with Gasteiger partial charge in [-0.05, 0) is 49.2 Å². The highest BCUT2D eigenvalue weighted by molar-refractivity contribution is 6.02. The van der Waals surface area contributed by atoms with Gasteiger partial charge in [0.05, 0.1) is 5.71 Å². The van der Waals surface area contributed by atoms with Crippen molar-refractivity contribution < 1.29 is 19.1 Å². The number of hydrazone groups is 1. The maximum Gasteiger partial charge on any atom is 0.271 e. The average Bonchev–Trinajstić information content (AvgIpc) is 3.34. The first kappa shape index (κ1) is 17.1. The highest BCUT2D eigenvalue weighted by atomic mass is 16.7. The van der Waals surface area contributed by atoms with E-state index in [2.05, 4.69) is 10.5 Å². The van der Waals surface area contributed by atoms with Gasteiger partial charge in [0.25, 0.3) is 5.91 Å². The fourth-order valence-corrected chi connectivity index (χ4v) is 3.11. The summed E-state index contributed by atoms with van der Waals surface area (Å²) < 4.78 is 10.5. The molecule has 1 N–H and O–H groups in total. The Bertz CT molecular complexity index is 921. The van der Waals surface area contributed by atoms with Crippen molar-refractivity contribution in [2.45, 2.75) is 19.8 Å². The second-order valence-corrected chi connectivity index (χ2v) is 6.40. The zero-order valence-corrected chi connectivity index (χ0v) is 14.9. The third-order valence-electron chi connectivity index (χ3n) is 4.63. The van der Waals surface area contributed by atoms with E-state index in [9.17, 15) is 9.59 Å². The summed E-state index contributed by atoms with van der Waals surface area (Å²) in [5, 5.41) is 4.17. The second kappa shape index (κ2) is 7.11. The normalized spacial score (nSPS) is 16.0. The highest BCUT2D eigenvalue weighted by Gasteiger charge is 2.21. The molecule has 7 heteroatoms. The lowest BCUT2D eigenvalue weighted by atomic mass is 10.1. The van der Waals surface area contributed by atoms with Crippen LogP contribution in [0.2, 0.25) is 0 Å². The first-order valence-corrected chi connectivity index (χ1v) is 8.77. The predicted molar refractivity (Wildman–Crippen MR) is 100 cm³/mol. The second-order valence-electron chi connectivity index (χ2n) is 6.40. The topological polar surface area (TPSA) is 80.2 Å². The average molecular weight is 365 g/mol. The fraction of sp³-hybridized carbons (Fsp3) is 0.250. The molecule has 0 aromatic heterocycles. The molecule has 0 bridgehead atoms. The molecule has 7 nitrogen and oxygen atoms in total. The van der Waals surface area contributed by atoms with E-state index >= 15 is 0 Å². The summed E-state index contributed by atoms with van der Waals surface area (Å²) in [6.45, 7) is 2.74. The zero-order chi connectivity index (χ0) is 18.8. The SMILES string of the molecule is C/C(=N/NC(=O)c1ccc2c(c1)OCO2)c1ccc(N2CCCC2=O)cc1. The molecule has 0 saturated carbocycles. The van der Waals surface area contributed by atoms with E-state index in [0.717, 1.165) is 24.2 Å². The molecule has 2 amide bonds. The molecule has 0 atom stereocenters. The van der Waals surface area contributed by atoms with Crippen LogP contribution >= 0.6 is 0 Å². The molecule has 4 rings (SSSR count). The molecule has 1 saturated heterocycles. The van der Waals surface area contributed by atoms with Crippen LogP contribution in [-0.2, 0) is 4.79 Å². The summed E-state index contributed by atoms with van der Waals surface area (Å²) >= 11 is 0. The smallest absolute Gasteiger partial charge is 0.271 e. The van der Waals surface area contributed by atoms with Crippen LogP contribution in [0.1, 0.15) is 35.7 Å². The standard InChI is InChI=1S/C20H19N3O4/c1-13(14-4-7-16(8-5-14)23-10-2-3-19(23)24)21-22-20(25)15-6-9-17-18(11-15)27-12-26-17/h4-9,11H,2-3,10,12H2,1H3,(H,22,25)/b21-13-. The van der Waals surface area contributed by atoms with Crippen LogP contribution in [0.25, 0.3) is 0 Å². The number of carbonyl (C=O) groups is 2. The van der Waals surface area contributed by atoms with Gasteiger partial charge in [0.2, 0.25) is 12.7 Å². The number of fused-ring (bicyclic) bond motifs is 1. The predicted octanol–water partition coefficient (Wildman–Crippen LogP) is 2.70. The third kappa shape index (κ3) is 3.48. The first-order chi connectivity index (χ1) is 13.1. The van der Waals surface area contributed by atoms with Gasteiger partial charge < -0.3 is 14.4 Å². The Hall–Kier alpha value is -3.35. The molecule has 138 valence electrons. The molecule has 1 fully saturated rings. The van der Waals surface area contributed by atoms with E-state index in [1.165, 1.54) is 0 Å². The number of anilines is 1. The number of nitrogens with zero attached hydrogens (tertiary/aromatic N) is 2. The number of amides is 2. The van der Waals surface area contributed by atoms with Gasteiger partial charge in [0.1, 0.15) is 0 Å². The van der Waals surface area contributed by atoms with Crippen LogP contribution in [0.3, 0.4) is 0 Å². The lowest BCUT2D eigenvalue weighted by molar-refractivity contribution is -0.117. The Morgan fingerprint density at radius 1 is 1.07 bits per heavy atom. The highest BCUT2D eigenvalue weighted by Crippen LogP contribution is 2.32. The van der Waals surface area contributed by atoms with E-state index in [0.29, 0.717) is 29.2 Å². The van der Waals surface area contributed by atoms with E-state index in [-0.39, 0.29) is 18.6 Å². The molecule has 2 heterocycles. The molecular formula is C20H19N3O4. The molecular weight excluding hydrogens is 346 g/mol. The van der Waals surface area contributed by atoms with Gasteiger partial charge >= 0.3 is 0 Å². The summed E-state index contributed by atoms with van der Waals surface area (Å²) in [6, 6.07) is 12.6. The van der Waals surface area contributed by atoms with Crippen molar-refractivity contribution in [2.75, 3.05) is 18.2 Å². The summed E-state index contributed by atoms with van der Waals surface area (Å²) in [7, 11) is 0. The van der Waals surface area contributed by atoms with Gasteiger partial charge in [-0.15, -0.1) is 0 Å². The first-order valence-electron chi connectivity index (χ1n) is 8.77. The third-order valence-corrected chi connectivity index (χ3v) is 4.63. The fourth-order valence-electron chi connectivity index (χ4n) is 3.11. The number of nitrogens with one attached hydrogen (secondary N) is 1. The lowest BCUT2D eigenvalue weighted by Crippen LogP contribution is -2.23. The van der Waals surface area contributed by atoms with Crippen molar-refractivity contribution >= 4 is 23.2 Å². The number of hydrogen-bond acceptors (Lipinski definition) is 5. The van der Waals surface area contributed by atoms with Crippen LogP contribution in [-0.4, -0.2) is 30.9 Å². The Labute approximate surface area is 156 Å². The minimum atomic E-state index is -0.327. The summed E-state index contributed by atoms with van der Waals surface area (Å²) in [6.07, 6.45) is 1.50. The van der Waals surface area contributed by atoms with Crippen LogP contribution < -0.4 is 19.8 Å². The van der Waals surface area contributed by atoms with Gasteiger partial charge in [0, 0.05) is 24.2 Å². The van der Waals surface area contributed by atoms with Gasteiger partial charge in [0.15, 0.2) is 11.5 Å². The molecule has 0 radical (unpaired) electrons. The molecule has 2 aromatic carbocycles. The van der Waals surface area contributed by atoms with Crippen LogP contribution in [0.5, 0.6) is 11.5 Å². The molecule has 2 aliphatic rings. The Balaban J connectivity index is 1.43. The maximum atomic E-state index is 12.3. The van der Waals surface area contributed by atoms with Gasteiger partial charge in [-0.3, -0.25) is 9.59 Å². The Kier molecular flexibility index (Phi) is 4.50. The zero-order valence-electron chi connectivity index (χ0n) is 14.9. The van der Waals surface area contributed by atoms with Crippen molar-refractivity contribution in [3.05, 3.63) is 53.6 Å². The van der Waals surface area contributed by atoms with Gasteiger partial charge in [-0.1, -0.05) is 12.1 Å². The quantitative estimate of drug-likeness (QED) is 0.667. The molecule has 0 spiro atoms. The molecule has 27 heavy (non-hydrogen) atoms. The number of ether oxygens (including phenoxy) is 2. The van der Waals surface area contributed by atoms with Crippen molar-refractivity contribution in [3.63, 3.8) is 0 Å². The minimum absolute atomic E-state index is 0.157. The van der Waals surface area contributed by atoms with Crippen LogP contribution in [0.4, 0.5) is 5.69 Å². The van der Waals surface area contributed by atoms with Crippen molar-refractivity contribution in [3.8, 4) is 11.5 Å². The van der Waals surface area contributed by atoms with E-state index in [4.69, 9.17) is 9.47 Å². The van der Waals surface area contributed by atoms with Crippen LogP contribution in [0.15, 0.2) is 47.6 Å². The van der Waals surface area contributed by atoms with Crippen LogP contribution in [0, 0.1) is 0 Å². The van der Waals surface area contributed by atoms with Gasteiger partial charge in [-0.25, -0.2) is 5.43 Å². The molecule has 2 aromatic rings. The Morgan fingerprint density at radius 3 is 2.56 bits per heavy atom. The maximum absolute atomic E-state index is 12.3. The number of hydrogen-bond donors (Lipinski definition) is 1. The molecule has 0 unspecified atom stereocenters. The Morgan fingerprint density at radius 2 is 1.81 bits per heavy atom. The number of carbonyl (C=O) groups excluding carboxylic acids is 2. The van der Waals surface area contributed by atoms with E-state index in [1.54, 1.807) is 23.1 Å².